The van der Waals surface area contributed by atoms with Gasteiger partial charge in [0.1, 0.15) is 0 Å². The largest absolute Gasteiger partial charge is 0.469 e. The van der Waals surface area contributed by atoms with Crippen molar-refractivity contribution in [1.29, 1.82) is 0 Å². The molecule has 23 heavy (non-hydrogen) atoms. The summed E-state index contributed by atoms with van der Waals surface area (Å²) in [5.41, 5.74) is 8.55. The summed E-state index contributed by atoms with van der Waals surface area (Å²) in [6.45, 7) is 0. The van der Waals surface area contributed by atoms with Crippen LogP contribution in [0.5, 0.6) is 0 Å². The Hall–Kier alpha value is -0.910. The molecule has 2 aliphatic carbocycles. The molecule has 0 aromatic heterocycles. The highest BCUT2D eigenvalue weighted by molar-refractivity contribution is 9.10. The third kappa shape index (κ3) is 2.73. The van der Waals surface area contributed by atoms with Gasteiger partial charge in [0.15, 0.2) is 0 Å². The summed E-state index contributed by atoms with van der Waals surface area (Å²) < 4.78 is 11.5. The van der Waals surface area contributed by atoms with Crippen LogP contribution < -0.4 is 5.73 Å². The number of benzene rings is 1. The zero-order chi connectivity index (χ0) is 16.7. The normalized spacial score (nSPS) is 32.8. The molecular formula is C18H24BrNO3. The molecule has 1 aromatic carbocycles. The van der Waals surface area contributed by atoms with Crippen molar-refractivity contribution in [3.05, 3.63) is 33.8 Å². The summed E-state index contributed by atoms with van der Waals surface area (Å²) in [6.07, 6.45) is 5.40. The Bertz CT molecular complexity index is 610. The quantitative estimate of drug-likeness (QED) is 0.815. The van der Waals surface area contributed by atoms with Crippen LogP contribution in [0.25, 0.3) is 0 Å². The van der Waals surface area contributed by atoms with E-state index in [0.717, 1.165) is 42.1 Å². The number of hydrogen-bond donors (Lipinski definition) is 1. The van der Waals surface area contributed by atoms with Crippen LogP contribution >= 0.6 is 15.9 Å². The molecule has 1 unspecified atom stereocenters. The van der Waals surface area contributed by atoms with Gasteiger partial charge in [-0.05, 0) is 60.8 Å². The van der Waals surface area contributed by atoms with Crippen molar-refractivity contribution < 1.29 is 14.3 Å². The first-order chi connectivity index (χ1) is 10.9. The molecule has 2 N–H and O–H groups in total. The Morgan fingerprint density at radius 1 is 1.35 bits per heavy atom. The Balaban J connectivity index is 2.01. The molecule has 3 rings (SSSR count). The predicted molar refractivity (Wildman–Crippen MR) is 92.0 cm³/mol. The molecule has 1 fully saturated rings. The number of hydrogen-bond acceptors (Lipinski definition) is 4. The number of carbonyl (C=O) groups excluding carboxylic acids is 1. The van der Waals surface area contributed by atoms with Crippen molar-refractivity contribution in [2.45, 2.75) is 50.2 Å². The van der Waals surface area contributed by atoms with Crippen molar-refractivity contribution in [2.24, 2.45) is 11.1 Å². The van der Waals surface area contributed by atoms with Crippen molar-refractivity contribution in [1.82, 2.24) is 0 Å². The molecule has 0 saturated heterocycles. The number of carbonyl (C=O) groups is 1. The maximum atomic E-state index is 12.1. The summed E-state index contributed by atoms with van der Waals surface area (Å²) in [5.74, 6) is -0.242. The van der Waals surface area contributed by atoms with Crippen LogP contribution in [0, 0.1) is 5.41 Å². The SMILES string of the molecule is COC(=O)CC1(N)c2cc(Br)ccc2CC12CCC(OC)CC2. The van der Waals surface area contributed by atoms with Crippen LogP contribution in [-0.2, 0) is 26.2 Å². The minimum atomic E-state index is -0.669. The van der Waals surface area contributed by atoms with Crippen molar-refractivity contribution >= 4 is 21.9 Å². The minimum Gasteiger partial charge on any atom is -0.469 e. The van der Waals surface area contributed by atoms with E-state index in [1.165, 1.54) is 12.7 Å². The number of fused-ring (bicyclic) bond motifs is 1. The second-order valence-electron chi connectivity index (χ2n) is 6.92. The molecular weight excluding hydrogens is 358 g/mol. The molecule has 1 atom stereocenters. The van der Waals surface area contributed by atoms with Crippen molar-refractivity contribution in [2.75, 3.05) is 14.2 Å². The Morgan fingerprint density at radius 2 is 2.04 bits per heavy atom. The molecule has 0 heterocycles. The number of rotatable bonds is 3. The molecule has 1 saturated carbocycles. The molecule has 0 aliphatic heterocycles. The van der Waals surface area contributed by atoms with Gasteiger partial charge in [0.2, 0.25) is 0 Å². The van der Waals surface area contributed by atoms with Crippen LogP contribution in [0.3, 0.4) is 0 Å². The van der Waals surface area contributed by atoms with Gasteiger partial charge < -0.3 is 15.2 Å². The van der Waals surface area contributed by atoms with E-state index in [-0.39, 0.29) is 17.8 Å². The van der Waals surface area contributed by atoms with Gasteiger partial charge in [-0.15, -0.1) is 0 Å². The molecule has 5 heteroatoms. The zero-order valence-electron chi connectivity index (χ0n) is 13.7. The topological polar surface area (TPSA) is 61.5 Å². The van der Waals surface area contributed by atoms with E-state index < -0.39 is 5.54 Å². The number of esters is 1. The average molecular weight is 382 g/mol. The fourth-order valence-electron chi connectivity index (χ4n) is 4.51. The van der Waals surface area contributed by atoms with Gasteiger partial charge in [0, 0.05) is 11.6 Å². The Kier molecular flexibility index (Phi) is 4.55. The van der Waals surface area contributed by atoms with Gasteiger partial charge in [-0.1, -0.05) is 22.0 Å². The highest BCUT2D eigenvalue weighted by atomic mass is 79.9. The molecule has 126 valence electrons. The van der Waals surface area contributed by atoms with Crippen LogP contribution in [0.4, 0.5) is 0 Å². The lowest BCUT2D eigenvalue weighted by atomic mass is 9.60. The standard InChI is InChI=1S/C18H24BrNO3/c1-22-14-5-7-17(8-6-14)10-12-3-4-13(19)9-15(12)18(17,20)11-16(21)23-2/h3-4,9,14H,5-8,10-11,20H2,1-2H3. The molecule has 1 spiro atoms. The summed E-state index contributed by atoms with van der Waals surface area (Å²) in [5, 5.41) is 0. The fourth-order valence-corrected chi connectivity index (χ4v) is 4.87. The van der Waals surface area contributed by atoms with Crippen LogP contribution in [-0.4, -0.2) is 26.3 Å². The number of ether oxygens (including phenoxy) is 2. The third-order valence-corrected chi connectivity index (χ3v) is 6.39. The summed E-state index contributed by atoms with van der Waals surface area (Å²) in [4.78, 5) is 12.1. The van der Waals surface area contributed by atoms with Gasteiger partial charge in [-0.2, -0.15) is 0 Å². The lowest BCUT2D eigenvalue weighted by Crippen LogP contribution is -2.53. The Morgan fingerprint density at radius 3 is 2.65 bits per heavy atom. The Labute approximate surface area is 145 Å². The zero-order valence-corrected chi connectivity index (χ0v) is 15.3. The second kappa shape index (κ2) is 6.19. The van der Waals surface area contributed by atoms with E-state index in [2.05, 4.69) is 34.1 Å². The maximum absolute atomic E-state index is 12.1. The molecule has 1 aromatic rings. The summed E-state index contributed by atoms with van der Waals surface area (Å²) >= 11 is 3.54. The molecule has 0 amide bonds. The van der Waals surface area contributed by atoms with Gasteiger partial charge in [-0.3, -0.25) is 4.79 Å². The molecule has 0 radical (unpaired) electrons. The highest BCUT2D eigenvalue weighted by Gasteiger charge is 2.57. The van der Waals surface area contributed by atoms with Crippen LogP contribution in [0.1, 0.15) is 43.2 Å². The molecule has 0 bridgehead atoms. The van der Waals surface area contributed by atoms with E-state index in [9.17, 15) is 4.79 Å². The van der Waals surface area contributed by atoms with Crippen molar-refractivity contribution in [3.8, 4) is 0 Å². The smallest absolute Gasteiger partial charge is 0.307 e. The first-order valence-corrected chi connectivity index (χ1v) is 8.91. The second-order valence-corrected chi connectivity index (χ2v) is 7.83. The van der Waals surface area contributed by atoms with Gasteiger partial charge >= 0.3 is 5.97 Å². The average Bonchev–Trinajstić information content (AvgIpc) is 2.77. The number of methoxy groups -OCH3 is 2. The van der Waals surface area contributed by atoms with Gasteiger partial charge in [-0.25, -0.2) is 0 Å². The van der Waals surface area contributed by atoms with Crippen molar-refractivity contribution in [3.63, 3.8) is 0 Å². The first-order valence-electron chi connectivity index (χ1n) is 8.11. The van der Waals surface area contributed by atoms with E-state index in [1.54, 1.807) is 7.11 Å². The molecule has 2 aliphatic rings. The summed E-state index contributed by atoms with van der Waals surface area (Å²) in [6, 6.07) is 6.27. The minimum absolute atomic E-state index is 0.0840. The van der Waals surface area contributed by atoms with Gasteiger partial charge in [0.05, 0.1) is 25.2 Å². The number of halogens is 1. The van der Waals surface area contributed by atoms with Gasteiger partial charge in [0.25, 0.3) is 0 Å². The van der Waals surface area contributed by atoms with E-state index >= 15 is 0 Å². The number of nitrogens with two attached hydrogens (primary N) is 1. The highest BCUT2D eigenvalue weighted by Crippen LogP contribution is 2.58. The van der Waals surface area contributed by atoms with Crippen LogP contribution in [0.2, 0.25) is 0 Å². The lowest BCUT2D eigenvalue weighted by Gasteiger charge is -2.47. The van der Waals surface area contributed by atoms with Crippen LogP contribution in [0.15, 0.2) is 22.7 Å². The van der Waals surface area contributed by atoms with E-state index in [1.807, 2.05) is 0 Å². The first kappa shape index (κ1) is 16.9. The fraction of sp³-hybridized carbons (Fsp3) is 0.611. The summed E-state index contributed by atoms with van der Waals surface area (Å²) in [7, 11) is 3.20. The molecule has 4 nitrogen and oxygen atoms in total. The predicted octanol–water partition coefficient (Wildman–Crippen LogP) is 3.30. The lowest BCUT2D eigenvalue weighted by molar-refractivity contribution is -0.144. The maximum Gasteiger partial charge on any atom is 0.307 e. The van der Waals surface area contributed by atoms with E-state index in [4.69, 9.17) is 15.2 Å². The van der Waals surface area contributed by atoms with E-state index in [0.29, 0.717) is 6.10 Å². The monoisotopic (exact) mass is 381 g/mol. The third-order valence-electron chi connectivity index (χ3n) is 5.90.